The zero-order valence-electron chi connectivity index (χ0n) is 9.36. The highest BCUT2D eigenvalue weighted by Crippen LogP contribution is 2.66. The molecule has 12 nitrogen and oxygen atoms in total. The first-order chi connectivity index (χ1) is 8.47. The van der Waals surface area contributed by atoms with Crippen LogP contribution in [-0.4, -0.2) is 44.5 Å². The molecule has 0 spiro atoms. The van der Waals surface area contributed by atoms with Crippen LogP contribution in [0, 0.1) is 0 Å². The summed E-state index contributed by atoms with van der Waals surface area (Å²) in [6, 6.07) is 0. The van der Waals surface area contributed by atoms with E-state index in [4.69, 9.17) is 39.1 Å². The normalized spacial score (nSPS) is 14.4. The standard InChI is InChI=1S/C4H12O12P4/c5-17(6,7)3(18(8,9)10)1-2-4(19(11,12)13)20(14,15)16/h1,4H,2H2,(H2,5,6,7)(H2,8,9,10)(H2,11,12,13)(H2,14,15,16). The molecule has 0 atom stereocenters. The van der Waals surface area contributed by atoms with Gasteiger partial charge in [0.2, 0.25) is 0 Å². The molecular formula is C4H12O12P4. The lowest BCUT2D eigenvalue weighted by atomic mass is 10.5. The van der Waals surface area contributed by atoms with Crippen molar-refractivity contribution in [3.05, 3.63) is 11.1 Å². The molecule has 0 rings (SSSR count). The number of rotatable bonds is 6. The van der Waals surface area contributed by atoms with Gasteiger partial charge in [0.25, 0.3) is 0 Å². The van der Waals surface area contributed by atoms with Crippen molar-refractivity contribution >= 4 is 30.4 Å². The Balaban J connectivity index is 5.74. The van der Waals surface area contributed by atoms with Crippen LogP contribution in [0.5, 0.6) is 0 Å². The minimum Gasteiger partial charge on any atom is -0.324 e. The van der Waals surface area contributed by atoms with E-state index in [0.717, 1.165) is 0 Å². The smallest absolute Gasteiger partial charge is 0.324 e. The van der Waals surface area contributed by atoms with Crippen molar-refractivity contribution in [3.8, 4) is 0 Å². The van der Waals surface area contributed by atoms with Crippen molar-refractivity contribution in [2.75, 3.05) is 0 Å². The fourth-order valence-electron chi connectivity index (χ4n) is 1.09. The van der Waals surface area contributed by atoms with Crippen molar-refractivity contribution < 1.29 is 57.4 Å². The van der Waals surface area contributed by atoms with Crippen LogP contribution in [0.3, 0.4) is 0 Å². The molecule has 120 valence electrons. The van der Waals surface area contributed by atoms with Crippen LogP contribution < -0.4 is 0 Å². The summed E-state index contributed by atoms with van der Waals surface area (Å²) in [6.45, 7) is 0. The molecule has 0 aliphatic rings. The van der Waals surface area contributed by atoms with E-state index in [1.165, 1.54) is 0 Å². The van der Waals surface area contributed by atoms with E-state index in [9.17, 15) is 18.3 Å². The Morgan fingerprint density at radius 2 is 1.05 bits per heavy atom. The third-order valence-electron chi connectivity index (χ3n) is 1.88. The van der Waals surface area contributed by atoms with Gasteiger partial charge in [-0.2, -0.15) is 0 Å². The molecule has 0 saturated carbocycles. The van der Waals surface area contributed by atoms with Gasteiger partial charge in [-0.05, 0) is 6.42 Å². The molecule has 0 aromatic rings. The first-order valence-electron chi connectivity index (χ1n) is 4.40. The molecule has 0 aliphatic heterocycles. The minimum absolute atomic E-state index is 0.0321. The molecule has 0 aromatic carbocycles. The van der Waals surface area contributed by atoms with Crippen LogP contribution in [0.4, 0.5) is 0 Å². The van der Waals surface area contributed by atoms with Gasteiger partial charge in [0.1, 0.15) is 5.06 Å². The van der Waals surface area contributed by atoms with Crippen molar-refractivity contribution in [2.45, 2.75) is 11.8 Å². The lowest BCUT2D eigenvalue weighted by molar-refractivity contribution is 0.337. The maximum absolute atomic E-state index is 10.9. The number of hydrogen-bond donors (Lipinski definition) is 8. The quantitative estimate of drug-likeness (QED) is 0.268. The molecule has 0 heterocycles. The Morgan fingerprint density at radius 3 is 1.25 bits per heavy atom. The fourth-order valence-corrected chi connectivity index (χ4v) is 5.46. The summed E-state index contributed by atoms with van der Waals surface area (Å²) in [6.07, 6.45) is -1.30. The average molecular weight is 376 g/mol. The number of hydrogen-bond acceptors (Lipinski definition) is 4. The average Bonchev–Trinajstić information content (AvgIpc) is 2.02. The Morgan fingerprint density at radius 1 is 0.750 bits per heavy atom. The predicted octanol–water partition coefficient (Wildman–Crippen LogP) is -0.745. The van der Waals surface area contributed by atoms with E-state index in [-0.39, 0.29) is 6.08 Å². The third-order valence-corrected chi connectivity index (χ3v) is 8.79. The molecule has 0 saturated heterocycles. The van der Waals surface area contributed by atoms with Crippen LogP contribution in [0.15, 0.2) is 11.1 Å². The highest BCUT2D eigenvalue weighted by molar-refractivity contribution is 7.77. The SMILES string of the molecule is O=P(O)(O)C(=CCC(P(=O)(O)O)P(=O)(O)O)P(=O)(O)O. The van der Waals surface area contributed by atoms with Crippen LogP contribution >= 0.6 is 30.4 Å². The second-order valence-corrected chi connectivity index (χ2v) is 11.0. The van der Waals surface area contributed by atoms with Crippen molar-refractivity contribution in [1.82, 2.24) is 0 Å². The largest absolute Gasteiger partial charge is 0.364 e. The lowest BCUT2D eigenvalue weighted by Crippen LogP contribution is -2.08. The van der Waals surface area contributed by atoms with Crippen molar-refractivity contribution in [1.29, 1.82) is 0 Å². The number of allylic oxidation sites excluding steroid dienone is 1. The molecule has 8 N–H and O–H groups in total. The molecule has 0 bridgehead atoms. The lowest BCUT2D eigenvalue weighted by Gasteiger charge is -2.19. The maximum Gasteiger partial charge on any atom is 0.364 e. The first-order valence-corrected chi connectivity index (χ1v) is 11.0. The monoisotopic (exact) mass is 376 g/mol. The molecule has 0 fully saturated rings. The molecule has 0 amide bonds. The molecule has 0 aromatic heterocycles. The second-order valence-electron chi connectivity index (χ2n) is 3.54. The van der Waals surface area contributed by atoms with Crippen molar-refractivity contribution in [3.63, 3.8) is 0 Å². The molecular weight excluding hydrogens is 364 g/mol. The summed E-state index contributed by atoms with van der Waals surface area (Å²) >= 11 is 0. The van der Waals surface area contributed by atoms with Crippen LogP contribution in [0.2, 0.25) is 0 Å². The Kier molecular flexibility index (Phi) is 6.33. The van der Waals surface area contributed by atoms with Crippen molar-refractivity contribution in [2.24, 2.45) is 0 Å². The Hall–Kier alpha value is 0.340. The first kappa shape index (κ1) is 20.3. The fraction of sp³-hybridized carbons (Fsp3) is 0.500. The summed E-state index contributed by atoms with van der Waals surface area (Å²) in [5.74, 6) is 0. The summed E-state index contributed by atoms with van der Waals surface area (Å²) in [4.78, 5) is 69.7. The third kappa shape index (κ3) is 6.41. The summed E-state index contributed by atoms with van der Waals surface area (Å²) in [7, 11) is -21.7. The van der Waals surface area contributed by atoms with E-state index >= 15 is 0 Å². The molecule has 0 unspecified atom stereocenters. The van der Waals surface area contributed by atoms with E-state index in [1.54, 1.807) is 0 Å². The van der Waals surface area contributed by atoms with E-state index in [0.29, 0.717) is 0 Å². The molecule has 16 heteroatoms. The minimum atomic E-state index is -5.47. The summed E-state index contributed by atoms with van der Waals surface area (Å²) < 4.78 is 43.4. The summed E-state index contributed by atoms with van der Waals surface area (Å²) in [5.41, 5.74) is 0. The van der Waals surface area contributed by atoms with Crippen LogP contribution in [0.1, 0.15) is 6.42 Å². The molecule has 0 radical (unpaired) electrons. The maximum atomic E-state index is 10.9. The van der Waals surface area contributed by atoms with Gasteiger partial charge in [-0.15, -0.1) is 0 Å². The highest BCUT2D eigenvalue weighted by atomic mass is 31.2. The topological polar surface area (TPSA) is 230 Å². The zero-order chi connectivity index (χ0) is 16.6. The van der Waals surface area contributed by atoms with Gasteiger partial charge in [0, 0.05) is 0 Å². The van der Waals surface area contributed by atoms with E-state index < -0.39 is 47.3 Å². The van der Waals surface area contributed by atoms with Gasteiger partial charge >= 0.3 is 30.4 Å². The van der Waals surface area contributed by atoms with Gasteiger partial charge < -0.3 is 39.1 Å². The van der Waals surface area contributed by atoms with Crippen LogP contribution in [0.25, 0.3) is 0 Å². The highest BCUT2D eigenvalue weighted by Gasteiger charge is 2.44. The van der Waals surface area contributed by atoms with E-state index in [2.05, 4.69) is 0 Å². The molecule has 0 aliphatic carbocycles. The van der Waals surface area contributed by atoms with Crippen LogP contribution in [-0.2, 0) is 18.3 Å². The second kappa shape index (κ2) is 6.22. The predicted molar refractivity (Wildman–Crippen MR) is 64.7 cm³/mol. The molecule has 20 heavy (non-hydrogen) atoms. The van der Waals surface area contributed by atoms with Gasteiger partial charge in [-0.25, -0.2) is 0 Å². The van der Waals surface area contributed by atoms with Gasteiger partial charge in [-0.3, -0.25) is 18.3 Å². The van der Waals surface area contributed by atoms with Gasteiger partial charge in [0.05, 0.1) is 0 Å². The van der Waals surface area contributed by atoms with Gasteiger partial charge in [0.15, 0.2) is 5.40 Å². The summed E-state index contributed by atoms with van der Waals surface area (Å²) in [5, 5.41) is -4.43. The Labute approximate surface area is 111 Å². The van der Waals surface area contributed by atoms with Gasteiger partial charge in [-0.1, -0.05) is 6.08 Å². The Bertz CT molecular complexity index is 520. The zero-order valence-corrected chi connectivity index (χ0v) is 12.9. The van der Waals surface area contributed by atoms with E-state index in [1.807, 2.05) is 0 Å².